The van der Waals surface area contributed by atoms with E-state index in [-0.39, 0.29) is 12.1 Å². The first-order chi connectivity index (χ1) is 9.75. The van der Waals surface area contributed by atoms with Crippen LogP contribution in [0, 0.1) is 20.8 Å². The van der Waals surface area contributed by atoms with Crippen molar-refractivity contribution < 1.29 is 8.42 Å². The van der Waals surface area contributed by atoms with Gasteiger partial charge in [0.15, 0.2) is 0 Å². The molecule has 2 unspecified atom stereocenters. The van der Waals surface area contributed by atoms with Gasteiger partial charge >= 0.3 is 0 Å². The zero-order valence-electron chi connectivity index (χ0n) is 13.4. The number of rotatable bonds is 3. The number of nitrogens with zero attached hydrogens (tertiary/aromatic N) is 1. The van der Waals surface area contributed by atoms with Crippen LogP contribution in [-0.2, 0) is 10.0 Å². The van der Waals surface area contributed by atoms with E-state index in [4.69, 9.17) is 5.73 Å². The summed E-state index contributed by atoms with van der Waals surface area (Å²) in [7, 11) is -3.48. The summed E-state index contributed by atoms with van der Waals surface area (Å²) in [5, 5.41) is 0. The Hall–Kier alpha value is -0.910. The lowest BCUT2D eigenvalue weighted by atomic mass is 10.00. The summed E-state index contributed by atoms with van der Waals surface area (Å²) in [6, 6.07) is 3.63. The quantitative estimate of drug-likeness (QED) is 0.933. The molecule has 1 aliphatic heterocycles. The minimum atomic E-state index is -3.48. The summed E-state index contributed by atoms with van der Waals surface area (Å²) in [5.41, 5.74) is 8.76. The molecule has 118 valence electrons. The van der Waals surface area contributed by atoms with Crippen LogP contribution in [0.2, 0.25) is 0 Å². The van der Waals surface area contributed by atoms with Crippen molar-refractivity contribution >= 4 is 10.0 Å². The van der Waals surface area contributed by atoms with Crippen molar-refractivity contribution in [2.75, 3.05) is 6.54 Å². The Bertz CT molecular complexity index is 600. The van der Waals surface area contributed by atoms with Gasteiger partial charge in [-0.1, -0.05) is 24.1 Å². The first kappa shape index (κ1) is 16.5. The van der Waals surface area contributed by atoms with Gasteiger partial charge in [0.25, 0.3) is 0 Å². The Balaban J connectivity index is 2.51. The third kappa shape index (κ3) is 3.15. The average molecular weight is 310 g/mol. The molecule has 1 saturated heterocycles. The maximum absolute atomic E-state index is 13.1. The summed E-state index contributed by atoms with van der Waals surface area (Å²) in [6.07, 6.45) is 2.80. The van der Waals surface area contributed by atoms with Crippen molar-refractivity contribution in [3.8, 4) is 0 Å². The van der Waals surface area contributed by atoms with Crippen LogP contribution in [0.25, 0.3) is 0 Å². The maximum atomic E-state index is 13.1. The monoisotopic (exact) mass is 310 g/mol. The lowest BCUT2D eigenvalue weighted by Crippen LogP contribution is -2.51. The van der Waals surface area contributed by atoms with E-state index in [2.05, 4.69) is 0 Å². The number of sulfonamides is 1. The SMILES string of the molecule is Cc1cc(C)c(S(=O)(=O)N2CCCCC2C(C)N)c(C)c1. The van der Waals surface area contributed by atoms with Gasteiger partial charge in [0.2, 0.25) is 10.0 Å². The summed E-state index contributed by atoms with van der Waals surface area (Å²) >= 11 is 0. The summed E-state index contributed by atoms with van der Waals surface area (Å²) in [5.74, 6) is 0. The van der Waals surface area contributed by atoms with Gasteiger partial charge in [-0.2, -0.15) is 4.31 Å². The Kier molecular flexibility index (Phi) is 4.76. The lowest BCUT2D eigenvalue weighted by molar-refractivity contribution is 0.227. The second-order valence-corrected chi connectivity index (χ2v) is 8.09. The molecule has 1 aliphatic rings. The second kappa shape index (κ2) is 6.07. The fourth-order valence-electron chi connectivity index (χ4n) is 3.45. The first-order valence-corrected chi connectivity index (χ1v) is 9.04. The van der Waals surface area contributed by atoms with Gasteiger partial charge in [0.05, 0.1) is 4.90 Å². The van der Waals surface area contributed by atoms with Crippen molar-refractivity contribution in [1.29, 1.82) is 0 Å². The van der Waals surface area contributed by atoms with Crippen LogP contribution in [0.15, 0.2) is 17.0 Å². The molecular formula is C16H26N2O2S. The molecular weight excluding hydrogens is 284 g/mol. The number of nitrogens with two attached hydrogens (primary N) is 1. The fourth-order valence-corrected chi connectivity index (χ4v) is 5.63. The summed E-state index contributed by atoms with van der Waals surface area (Å²) in [4.78, 5) is 0.459. The number of aryl methyl sites for hydroxylation is 3. The first-order valence-electron chi connectivity index (χ1n) is 7.60. The van der Waals surface area contributed by atoms with E-state index in [0.29, 0.717) is 11.4 Å². The topological polar surface area (TPSA) is 63.4 Å². The Morgan fingerprint density at radius 2 is 1.76 bits per heavy atom. The highest BCUT2D eigenvalue weighted by Crippen LogP contribution is 2.30. The van der Waals surface area contributed by atoms with Gasteiger partial charge in [-0.05, 0) is 51.7 Å². The fraction of sp³-hybridized carbons (Fsp3) is 0.625. The second-order valence-electron chi connectivity index (χ2n) is 6.27. The van der Waals surface area contributed by atoms with Crippen LogP contribution in [-0.4, -0.2) is 31.4 Å². The van der Waals surface area contributed by atoms with E-state index in [1.165, 1.54) is 0 Å². The largest absolute Gasteiger partial charge is 0.326 e. The van der Waals surface area contributed by atoms with E-state index < -0.39 is 10.0 Å². The molecule has 4 nitrogen and oxygen atoms in total. The molecule has 2 N–H and O–H groups in total. The van der Waals surface area contributed by atoms with Crippen molar-refractivity contribution in [3.05, 3.63) is 28.8 Å². The molecule has 2 atom stereocenters. The zero-order valence-corrected chi connectivity index (χ0v) is 14.2. The van der Waals surface area contributed by atoms with E-state index in [1.807, 2.05) is 39.8 Å². The summed E-state index contributed by atoms with van der Waals surface area (Å²) < 4.78 is 27.9. The normalized spacial score (nSPS) is 22.2. The minimum Gasteiger partial charge on any atom is -0.326 e. The Morgan fingerprint density at radius 1 is 1.19 bits per heavy atom. The molecule has 0 amide bonds. The number of hydrogen-bond donors (Lipinski definition) is 1. The number of piperidine rings is 1. The molecule has 0 aliphatic carbocycles. The van der Waals surface area contributed by atoms with Gasteiger partial charge in [0.1, 0.15) is 0 Å². The van der Waals surface area contributed by atoms with Crippen LogP contribution in [0.4, 0.5) is 0 Å². The zero-order chi connectivity index (χ0) is 15.8. The van der Waals surface area contributed by atoms with Crippen LogP contribution >= 0.6 is 0 Å². The van der Waals surface area contributed by atoms with Crippen molar-refractivity contribution in [2.24, 2.45) is 5.73 Å². The Labute approximate surface area is 128 Å². The van der Waals surface area contributed by atoms with Crippen LogP contribution in [0.5, 0.6) is 0 Å². The highest BCUT2D eigenvalue weighted by Gasteiger charge is 2.36. The molecule has 1 fully saturated rings. The molecule has 0 aromatic heterocycles. The van der Waals surface area contributed by atoms with E-state index in [0.717, 1.165) is 36.0 Å². The highest BCUT2D eigenvalue weighted by molar-refractivity contribution is 7.89. The van der Waals surface area contributed by atoms with E-state index >= 15 is 0 Å². The van der Waals surface area contributed by atoms with Gasteiger partial charge < -0.3 is 5.73 Å². The average Bonchev–Trinajstić information content (AvgIpc) is 2.37. The molecule has 1 heterocycles. The molecule has 0 spiro atoms. The molecule has 0 saturated carbocycles. The van der Waals surface area contributed by atoms with Crippen molar-refractivity contribution in [2.45, 2.75) is 63.9 Å². The maximum Gasteiger partial charge on any atom is 0.243 e. The van der Waals surface area contributed by atoms with Crippen molar-refractivity contribution in [3.63, 3.8) is 0 Å². The molecule has 2 rings (SSSR count). The van der Waals surface area contributed by atoms with Crippen LogP contribution in [0.3, 0.4) is 0 Å². The predicted octanol–water partition coefficient (Wildman–Crippen LogP) is 2.50. The van der Waals surface area contributed by atoms with E-state index in [1.54, 1.807) is 4.31 Å². The number of hydrogen-bond acceptors (Lipinski definition) is 3. The summed E-state index contributed by atoms with van der Waals surface area (Å²) in [6.45, 7) is 8.20. The number of benzene rings is 1. The van der Waals surface area contributed by atoms with E-state index in [9.17, 15) is 8.42 Å². The highest BCUT2D eigenvalue weighted by atomic mass is 32.2. The third-order valence-corrected chi connectivity index (χ3v) is 6.51. The van der Waals surface area contributed by atoms with Gasteiger partial charge in [-0.3, -0.25) is 0 Å². The van der Waals surface area contributed by atoms with Crippen LogP contribution in [0.1, 0.15) is 42.9 Å². The molecule has 1 aromatic carbocycles. The molecule has 1 aromatic rings. The smallest absolute Gasteiger partial charge is 0.243 e. The molecule has 5 heteroatoms. The minimum absolute atomic E-state index is 0.0937. The molecule has 0 bridgehead atoms. The predicted molar refractivity (Wildman–Crippen MR) is 85.8 cm³/mol. The van der Waals surface area contributed by atoms with Gasteiger partial charge in [0, 0.05) is 18.6 Å². The van der Waals surface area contributed by atoms with Gasteiger partial charge in [-0.25, -0.2) is 8.42 Å². The lowest BCUT2D eigenvalue weighted by Gasteiger charge is -2.37. The van der Waals surface area contributed by atoms with Gasteiger partial charge in [-0.15, -0.1) is 0 Å². The molecule has 21 heavy (non-hydrogen) atoms. The standard InChI is InChI=1S/C16H26N2O2S/c1-11-9-12(2)16(13(3)10-11)21(19,20)18-8-6-5-7-15(18)14(4)17/h9-10,14-15H,5-8,17H2,1-4H3. The molecule has 0 radical (unpaired) electrons. The third-order valence-electron chi connectivity index (χ3n) is 4.28. The van der Waals surface area contributed by atoms with Crippen molar-refractivity contribution in [1.82, 2.24) is 4.31 Å². The Morgan fingerprint density at radius 3 is 2.29 bits per heavy atom. The van der Waals surface area contributed by atoms with Crippen LogP contribution < -0.4 is 5.73 Å².